The fourth-order valence-corrected chi connectivity index (χ4v) is 6.14. The van der Waals surface area contributed by atoms with Crippen LogP contribution in [0.4, 0.5) is 0 Å². The Morgan fingerprint density at radius 2 is 1.77 bits per heavy atom. The van der Waals surface area contributed by atoms with Crippen LogP contribution >= 0.6 is 0 Å². The van der Waals surface area contributed by atoms with E-state index in [-0.39, 0.29) is 22.8 Å². The Kier molecular flexibility index (Phi) is 6.24. The van der Waals surface area contributed by atoms with Crippen molar-refractivity contribution in [3.8, 4) is 0 Å². The molecular formula is C22H30N4O3S. The van der Waals surface area contributed by atoms with Gasteiger partial charge in [-0.05, 0) is 37.2 Å². The molecule has 2 aliphatic heterocycles. The number of sulfonamides is 1. The Bertz CT molecular complexity index is 965. The molecule has 162 valence electrons. The van der Waals surface area contributed by atoms with Crippen molar-refractivity contribution >= 4 is 15.9 Å². The highest BCUT2D eigenvalue weighted by atomic mass is 32.2. The lowest BCUT2D eigenvalue weighted by atomic mass is 9.81. The fraction of sp³-hybridized carbons (Fsp3) is 0.545. The van der Waals surface area contributed by atoms with E-state index in [0.29, 0.717) is 19.6 Å². The summed E-state index contributed by atoms with van der Waals surface area (Å²) in [6.07, 6.45) is 7.48. The molecule has 0 spiro atoms. The van der Waals surface area contributed by atoms with Crippen molar-refractivity contribution in [1.29, 1.82) is 0 Å². The lowest BCUT2D eigenvalue weighted by Crippen LogP contribution is -2.44. The van der Waals surface area contributed by atoms with E-state index in [0.717, 1.165) is 44.2 Å². The maximum absolute atomic E-state index is 13.3. The first-order valence-corrected chi connectivity index (χ1v) is 12.2. The first-order valence-electron chi connectivity index (χ1n) is 10.8. The van der Waals surface area contributed by atoms with E-state index < -0.39 is 10.0 Å². The number of nitrogens with zero attached hydrogens (tertiary/aromatic N) is 4. The molecule has 4 rings (SSSR count). The third kappa shape index (κ3) is 4.44. The zero-order valence-corrected chi connectivity index (χ0v) is 18.3. The van der Waals surface area contributed by atoms with Gasteiger partial charge in [-0.25, -0.2) is 13.4 Å². The van der Waals surface area contributed by atoms with Crippen molar-refractivity contribution < 1.29 is 13.2 Å². The number of likely N-dealkylation sites (tertiary alicyclic amines) is 1. The molecule has 2 fully saturated rings. The standard InChI is InChI=1S/C22H30N4O3S/c1-24-16-21(23-17-24)30(28,29)26-13-10-19(11-14-26)20-9-5-6-12-25(22(20)27)15-18-7-3-2-4-8-18/h2-4,7-8,16-17,19-20H,5-6,9-15H2,1H3/t20-/m1/s1. The van der Waals surface area contributed by atoms with Gasteiger partial charge in [-0.1, -0.05) is 36.8 Å². The van der Waals surface area contributed by atoms with E-state index in [9.17, 15) is 13.2 Å². The molecule has 0 radical (unpaired) electrons. The van der Waals surface area contributed by atoms with Crippen molar-refractivity contribution in [3.05, 3.63) is 48.4 Å². The summed E-state index contributed by atoms with van der Waals surface area (Å²) < 4.78 is 28.8. The summed E-state index contributed by atoms with van der Waals surface area (Å²) in [5, 5.41) is 0.100. The largest absolute Gasteiger partial charge is 0.339 e. The van der Waals surface area contributed by atoms with E-state index in [1.807, 2.05) is 23.1 Å². The normalized spacial score (nSPS) is 22.2. The zero-order chi connectivity index (χ0) is 21.1. The second-order valence-electron chi connectivity index (χ2n) is 8.47. The smallest absolute Gasteiger partial charge is 0.262 e. The van der Waals surface area contributed by atoms with Gasteiger partial charge in [-0.3, -0.25) is 4.79 Å². The lowest BCUT2D eigenvalue weighted by molar-refractivity contribution is -0.137. The lowest BCUT2D eigenvalue weighted by Gasteiger charge is -2.35. The Balaban J connectivity index is 1.41. The molecule has 3 heterocycles. The number of hydrogen-bond acceptors (Lipinski definition) is 4. The van der Waals surface area contributed by atoms with Crippen molar-refractivity contribution in [1.82, 2.24) is 18.8 Å². The minimum atomic E-state index is -3.56. The number of benzene rings is 1. The second kappa shape index (κ2) is 8.89. The first-order chi connectivity index (χ1) is 14.4. The number of aryl methyl sites for hydroxylation is 1. The highest BCUT2D eigenvalue weighted by Gasteiger charge is 2.38. The van der Waals surface area contributed by atoms with Crippen molar-refractivity contribution in [2.75, 3.05) is 19.6 Å². The Labute approximate surface area is 178 Å². The summed E-state index contributed by atoms with van der Waals surface area (Å²) in [4.78, 5) is 19.4. The number of carbonyl (C=O) groups is 1. The van der Waals surface area contributed by atoms with Crippen LogP contribution in [0.3, 0.4) is 0 Å². The minimum Gasteiger partial charge on any atom is -0.339 e. The molecule has 30 heavy (non-hydrogen) atoms. The van der Waals surface area contributed by atoms with Crippen LogP contribution in [-0.4, -0.2) is 52.7 Å². The topological polar surface area (TPSA) is 75.5 Å². The van der Waals surface area contributed by atoms with Crippen LogP contribution in [0.1, 0.15) is 37.7 Å². The molecule has 1 atom stereocenters. The van der Waals surface area contributed by atoms with Crippen LogP contribution in [0.2, 0.25) is 0 Å². The molecule has 2 aliphatic rings. The summed E-state index contributed by atoms with van der Waals surface area (Å²) in [6, 6.07) is 10.1. The maximum atomic E-state index is 13.3. The molecule has 1 aromatic carbocycles. The second-order valence-corrected chi connectivity index (χ2v) is 10.4. The molecule has 7 nitrogen and oxygen atoms in total. The molecule has 1 aromatic heterocycles. The Morgan fingerprint density at radius 1 is 1.03 bits per heavy atom. The first kappa shape index (κ1) is 21.1. The molecule has 0 bridgehead atoms. The Morgan fingerprint density at radius 3 is 2.43 bits per heavy atom. The minimum absolute atomic E-state index is 0.00378. The van der Waals surface area contributed by atoms with Crippen molar-refractivity contribution in [2.45, 2.75) is 43.7 Å². The predicted octanol–water partition coefficient (Wildman–Crippen LogP) is 2.65. The van der Waals surface area contributed by atoms with Gasteiger partial charge in [0.2, 0.25) is 5.91 Å². The van der Waals surface area contributed by atoms with Gasteiger partial charge in [0.05, 0.1) is 6.33 Å². The van der Waals surface area contributed by atoms with E-state index >= 15 is 0 Å². The zero-order valence-electron chi connectivity index (χ0n) is 17.5. The van der Waals surface area contributed by atoms with E-state index in [1.54, 1.807) is 11.6 Å². The Hall–Kier alpha value is -2.19. The highest BCUT2D eigenvalue weighted by Crippen LogP contribution is 2.34. The third-order valence-electron chi connectivity index (χ3n) is 6.39. The number of hydrogen-bond donors (Lipinski definition) is 0. The molecule has 1 amide bonds. The van der Waals surface area contributed by atoms with Gasteiger partial charge in [0.1, 0.15) is 0 Å². The molecule has 2 aromatic rings. The van der Waals surface area contributed by atoms with Crippen LogP contribution in [0, 0.1) is 11.8 Å². The monoisotopic (exact) mass is 430 g/mol. The number of aromatic nitrogens is 2. The van der Waals surface area contributed by atoms with Gasteiger partial charge in [0.25, 0.3) is 10.0 Å². The maximum Gasteiger partial charge on any atom is 0.262 e. The van der Waals surface area contributed by atoms with Gasteiger partial charge in [-0.15, -0.1) is 0 Å². The summed E-state index contributed by atoms with van der Waals surface area (Å²) in [7, 11) is -1.80. The van der Waals surface area contributed by atoms with E-state index in [4.69, 9.17) is 0 Å². The summed E-state index contributed by atoms with van der Waals surface area (Å²) >= 11 is 0. The molecule has 8 heteroatoms. The molecule has 0 unspecified atom stereocenters. The van der Waals surface area contributed by atoms with Gasteiger partial charge in [0, 0.05) is 45.3 Å². The summed E-state index contributed by atoms with van der Waals surface area (Å²) in [5.74, 6) is 0.474. The SMILES string of the molecule is Cn1cnc(S(=O)(=O)N2CCC([C@H]3CCCCN(Cc4ccccc4)C3=O)CC2)c1. The van der Waals surface area contributed by atoms with Crippen LogP contribution in [-0.2, 0) is 28.4 Å². The molecule has 0 N–H and O–H groups in total. The van der Waals surface area contributed by atoms with E-state index in [1.165, 1.54) is 16.8 Å². The van der Waals surface area contributed by atoms with Gasteiger partial charge in [-0.2, -0.15) is 4.31 Å². The fourth-order valence-electron chi connectivity index (χ4n) is 4.71. The number of amides is 1. The van der Waals surface area contributed by atoms with Crippen LogP contribution in [0.5, 0.6) is 0 Å². The van der Waals surface area contributed by atoms with Crippen molar-refractivity contribution in [2.24, 2.45) is 18.9 Å². The number of rotatable bonds is 5. The van der Waals surface area contributed by atoms with Crippen LogP contribution < -0.4 is 0 Å². The quantitative estimate of drug-likeness (QED) is 0.731. The third-order valence-corrected chi connectivity index (χ3v) is 8.18. The summed E-state index contributed by atoms with van der Waals surface area (Å²) in [6.45, 7) is 2.36. The molecule has 2 saturated heterocycles. The number of carbonyl (C=O) groups excluding carboxylic acids is 1. The van der Waals surface area contributed by atoms with Crippen LogP contribution in [0.25, 0.3) is 0 Å². The highest BCUT2D eigenvalue weighted by molar-refractivity contribution is 7.89. The molecule has 0 saturated carbocycles. The number of imidazole rings is 1. The average Bonchev–Trinajstić information content (AvgIpc) is 3.12. The molecule has 0 aliphatic carbocycles. The van der Waals surface area contributed by atoms with Crippen LogP contribution in [0.15, 0.2) is 47.9 Å². The van der Waals surface area contributed by atoms with Gasteiger partial charge in [0.15, 0.2) is 5.03 Å². The summed E-state index contributed by atoms with van der Waals surface area (Å²) in [5.41, 5.74) is 1.16. The average molecular weight is 431 g/mol. The van der Waals surface area contributed by atoms with E-state index in [2.05, 4.69) is 17.1 Å². The van der Waals surface area contributed by atoms with Gasteiger partial charge < -0.3 is 9.47 Å². The predicted molar refractivity (Wildman–Crippen MR) is 114 cm³/mol. The molecular weight excluding hydrogens is 400 g/mol. The van der Waals surface area contributed by atoms with Crippen molar-refractivity contribution in [3.63, 3.8) is 0 Å². The number of piperidine rings is 1. The van der Waals surface area contributed by atoms with Gasteiger partial charge >= 0.3 is 0 Å².